The van der Waals surface area contributed by atoms with Crippen LogP contribution in [0.1, 0.15) is 39.7 Å². The van der Waals surface area contributed by atoms with Crippen LogP contribution in [0.4, 0.5) is 4.79 Å². The molecule has 2 aliphatic heterocycles. The fraction of sp³-hybridized carbons (Fsp3) is 0.615. The lowest BCUT2D eigenvalue weighted by Gasteiger charge is -2.48. The fourth-order valence-electron chi connectivity index (χ4n) is 4.41. The molecular weight excluding hydrogens is 464 g/mol. The van der Waals surface area contributed by atoms with Crippen molar-refractivity contribution in [2.75, 3.05) is 33.4 Å². The summed E-state index contributed by atoms with van der Waals surface area (Å²) in [6, 6.07) is 7.03. The topological polar surface area (TPSA) is 99.5 Å². The molecule has 194 valence electrons. The van der Waals surface area contributed by atoms with Crippen LogP contribution in [0.3, 0.4) is 0 Å². The number of ether oxygens (including phenoxy) is 1. The van der Waals surface area contributed by atoms with Crippen LogP contribution in [0.25, 0.3) is 5.57 Å². The second-order valence-corrected chi connectivity index (χ2v) is 16.2. The van der Waals surface area contributed by atoms with Crippen molar-refractivity contribution in [3.8, 4) is 5.75 Å². The van der Waals surface area contributed by atoms with Crippen LogP contribution in [0.2, 0.25) is 18.1 Å². The first-order chi connectivity index (χ1) is 16.2. The monoisotopic (exact) mass is 504 g/mol. The van der Waals surface area contributed by atoms with E-state index in [0.29, 0.717) is 26.2 Å². The molecule has 3 atom stereocenters. The van der Waals surface area contributed by atoms with E-state index in [1.54, 1.807) is 0 Å². The van der Waals surface area contributed by atoms with Crippen LogP contribution in [-0.2, 0) is 9.22 Å². The Kier molecular flexibility index (Phi) is 8.03. The van der Waals surface area contributed by atoms with E-state index in [1.807, 2.05) is 36.2 Å². The van der Waals surface area contributed by atoms with Gasteiger partial charge < -0.3 is 24.3 Å². The lowest BCUT2D eigenvalue weighted by atomic mass is 9.82. The molecule has 0 aliphatic carbocycles. The molecule has 0 saturated carbocycles. The molecule has 9 heteroatoms. The lowest BCUT2D eigenvalue weighted by Crippen LogP contribution is -2.61. The Morgan fingerprint density at radius 3 is 2.29 bits per heavy atom. The van der Waals surface area contributed by atoms with Crippen molar-refractivity contribution in [3.05, 3.63) is 35.4 Å². The molecule has 1 aromatic carbocycles. The molecule has 1 amide bonds. The van der Waals surface area contributed by atoms with Crippen molar-refractivity contribution in [3.63, 3.8) is 0 Å². The molecule has 1 aromatic rings. The van der Waals surface area contributed by atoms with Crippen molar-refractivity contribution in [2.24, 2.45) is 5.92 Å². The normalized spacial score (nSPS) is 22.2. The van der Waals surface area contributed by atoms with Crippen molar-refractivity contribution in [1.29, 1.82) is 0 Å². The van der Waals surface area contributed by atoms with Gasteiger partial charge >= 0.3 is 12.1 Å². The number of nitrogens with zero attached hydrogens (tertiary/aromatic N) is 2. The van der Waals surface area contributed by atoms with Gasteiger partial charge in [0.05, 0.1) is 18.2 Å². The quantitative estimate of drug-likeness (QED) is 0.498. The fourth-order valence-corrected chi connectivity index (χ4v) is 5.54. The van der Waals surface area contributed by atoms with Gasteiger partial charge in [0.15, 0.2) is 8.32 Å². The summed E-state index contributed by atoms with van der Waals surface area (Å²) >= 11 is 0. The zero-order valence-electron chi connectivity index (χ0n) is 22.0. The van der Waals surface area contributed by atoms with E-state index < -0.39 is 26.4 Å². The highest BCUT2D eigenvalue weighted by Crippen LogP contribution is 2.38. The zero-order valence-corrected chi connectivity index (χ0v) is 23.0. The van der Waals surface area contributed by atoms with Crippen LogP contribution in [0.15, 0.2) is 29.8 Å². The maximum Gasteiger partial charge on any atom is 0.407 e. The number of piperazine rings is 1. The molecule has 2 heterocycles. The molecule has 35 heavy (non-hydrogen) atoms. The maximum atomic E-state index is 12.2. The van der Waals surface area contributed by atoms with Crippen molar-refractivity contribution in [2.45, 2.75) is 64.3 Å². The minimum atomic E-state index is -1.79. The van der Waals surface area contributed by atoms with E-state index in [0.717, 1.165) is 16.9 Å². The number of benzene rings is 1. The van der Waals surface area contributed by atoms with Gasteiger partial charge in [0.25, 0.3) is 0 Å². The van der Waals surface area contributed by atoms with E-state index in [-0.39, 0.29) is 29.1 Å². The van der Waals surface area contributed by atoms with Crippen molar-refractivity contribution < 1.29 is 29.0 Å². The second-order valence-electron chi connectivity index (χ2n) is 11.4. The van der Waals surface area contributed by atoms with Crippen LogP contribution in [-0.4, -0.2) is 85.8 Å². The largest absolute Gasteiger partial charge is 0.493 e. The summed E-state index contributed by atoms with van der Waals surface area (Å²) in [5.74, 6) is -0.0236. The number of aliphatic carboxylic acids is 1. The average molecular weight is 505 g/mol. The van der Waals surface area contributed by atoms with Gasteiger partial charge in [0.2, 0.25) is 0 Å². The predicted octanol–water partition coefficient (Wildman–Crippen LogP) is 4.63. The molecule has 8 nitrogen and oxygen atoms in total. The van der Waals surface area contributed by atoms with Gasteiger partial charge in [-0.1, -0.05) is 39.8 Å². The molecule has 2 aliphatic rings. The first-order valence-electron chi connectivity index (χ1n) is 12.2. The third-order valence-corrected chi connectivity index (χ3v) is 12.3. The Morgan fingerprint density at radius 2 is 1.74 bits per heavy atom. The van der Waals surface area contributed by atoms with Gasteiger partial charge in [-0.2, -0.15) is 0 Å². The molecule has 2 bridgehead atoms. The summed E-state index contributed by atoms with van der Waals surface area (Å²) in [4.78, 5) is 27.1. The highest BCUT2D eigenvalue weighted by atomic mass is 28.4. The standard InChI is InChI=1S/C26H40N2O6Si/c1-17(16-34-35(6,7)26(2,3)4)15-33-20-10-8-18(9-11-20)21-12-19-13-28(25(31)32)14-22(27(19)5)23(21)24(29)30/h8-11,17,19,22H,12-16H2,1-7H3,(H,29,30)(H,31,32)/t17-,19-,22-/m0/s1. The lowest BCUT2D eigenvalue weighted by molar-refractivity contribution is -0.134. The van der Waals surface area contributed by atoms with E-state index in [4.69, 9.17) is 9.16 Å². The molecule has 0 radical (unpaired) electrons. The minimum Gasteiger partial charge on any atom is -0.493 e. The third-order valence-electron chi connectivity index (χ3n) is 7.76. The van der Waals surface area contributed by atoms with E-state index in [2.05, 4.69) is 40.8 Å². The van der Waals surface area contributed by atoms with Gasteiger partial charge in [0.1, 0.15) is 5.75 Å². The second kappa shape index (κ2) is 10.3. The van der Waals surface area contributed by atoms with Gasteiger partial charge in [-0.05, 0) is 54.9 Å². The number of hydrogen-bond donors (Lipinski definition) is 2. The number of amides is 1. The Hall–Kier alpha value is -2.36. The first-order valence-corrected chi connectivity index (χ1v) is 15.2. The molecule has 1 saturated heterocycles. The van der Waals surface area contributed by atoms with Crippen LogP contribution in [0.5, 0.6) is 5.75 Å². The summed E-state index contributed by atoms with van der Waals surface area (Å²) in [7, 11) is 0.0846. The van der Waals surface area contributed by atoms with Gasteiger partial charge in [-0.15, -0.1) is 0 Å². The maximum absolute atomic E-state index is 12.2. The number of carbonyl (C=O) groups is 2. The van der Waals surface area contributed by atoms with Crippen LogP contribution < -0.4 is 4.74 Å². The third kappa shape index (κ3) is 6.07. The zero-order chi connectivity index (χ0) is 26.1. The van der Waals surface area contributed by atoms with E-state index in [1.165, 1.54) is 4.90 Å². The minimum absolute atomic E-state index is 0.0550. The molecular formula is C26H40N2O6Si. The molecule has 2 N–H and O–H groups in total. The number of carboxylic acid groups (broad SMARTS) is 2. The SMILES string of the molecule is C[C@@H](COc1ccc(C2=C(C(=O)O)[C@@H]3CN(C(=O)O)C[C@H](C2)N3C)cc1)CO[Si](C)(C)C(C)(C)C. The van der Waals surface area contributed by atoms with Gasteiger partial charge in [-0.25, -0.2) is 9.59 Å². The summed E-state index contributed by atoms with van der Waals surface area (Å²) in [5.41, 5.74) is 1.90. The smallest absolute Gasteiger partial charge is 0.407 e. The number of hydrogen-bond acceptors (Lipinski definition) is 5. The van der Waals surface area contributed by atoms with E-state index in [9.17, 15) is 19.8 Å². The van der Waals surface area contributed by atoms with Crippen molar-refractivity contribution in [1.82, 2.24) is 9.80 Å². The molecule has 3 rings (SSSR count). The number of likely N-dealkylation sites (N-methyl/N-ethyl adjacent to an activating group) is 1. The number of rotatable bonds is 8. The van der Waals surface area contributed by atoms with E-state index >= 15 is 0 Å². The highest BCUT2D eigenvalue weighted by molar-refractivity contribution is 6.74. The van der Waals surface area contributed by atoms with Crippen LogP contribution in [0, 0.1) is 5.92 Å². The summed E-state index contributed by atoms with van der Waals surface area (Å²) < 4.78 is 12.3. The van der Waals surface area contributed by atoms with Crippen LogP contribution >= 0.6 is 0 Å². The summed E-state index contributed by atoms with van der Waals surface area (Å²) in [5, 5.41) is 19.6. The summed E-state index contributed by atoms with van der Waals surface area (Å²) in [6.07, 6.45) is -0.521. The molecule has 1 fully saturated rings. The Balaban J connectivity index is 1.69. The van der Waals surface area contributed by atoms with Crippen molar-refractivity contribution >= 4 is 26.0 Å². The Morgan fingerprint density at radius 1 is 1.11 bits per heavy atom. The average Bonchev–Trinajstić information content (AvgIpc) is 2.75. The van der Waals surface area contributed by atoms with Gasteiger partial charge in [-0.3, -0.25) is 4.90 Å². The molecule has 0 unspecified atom stereocenters. The highest BCUT2D eigenvalue weighted by Gasteiger charge is 2.43. The predicted molar refractivity (Wildman–Crippen MR) is 138 cm³/mol. The van der Waals surface area contributed by atoms with Gasteiger partial charge in [0, 0.05) is 31.7 Å². The molecule has 0 aromatic heterocycles. The first kappa shape index (κ1) is 27.2. The Bertz CT molecular complexity index is 969. The molecule has 0 spiro atoms. The summed E-state index contributed by atoms with van der Waals surface area (Å²) in [6.45, 7) is 15.0. The Labute approximate surface area is 209 Å². The number of carboxylic acids is 1. The number of fused-ring (bicyclic) bond motifs is 2.